The van der Waals surface area contributed by atoms with Crippen LogP contribution in [0.4, 0.5) is 5.69 Å². The Labute approximate surface area is 272 Å². The molecule has 232 valence electrons. The maximum Gasteiger partial charge on any atom is 0.264 e. The lowest BCUT2D eigenvalue weighted by atomic mass is 10.1. The summed E-state index contributed by atoms with van der Waals surface area (Å²) >= 11 is 16.3. The SMILES string of the molecule is CCCCNC(=O)[C@H](CC)N(Cc1c(Cl)cccc1Cl)C(=O)CN(c1ccc(OCC)cc1)S(=O)(=O)c1ccc(Br)cc1. The van der Waals surface area contributed by atoms with Crippen molar-refractivity contribution in [3.63, 3.8) is 0 Å². The predicted molar refractivity (Wildman–Crippen MR) is 175 cm³/mol. The summed E-state index contributed by atoms with van der Waals surface area (Å²) in [6, 6.07) is 16.7. The molecule has 12 heteroatoms. The number of unbranched alkanes of at least 4 members (excludes halogenated alkanes) is 1. The molecule has 0 aliphatic rings. The molecule has 43 heavy (non-hydrogen) atoms. The largest absolute Gasteiger partial charge is 0.494 e. The molecule has 0 unspecified atom stereocenters. The van der Waals surface area contributed by atoms with Crippen LogP contribution in [0.25, 0.3) is 0 Å². The quantitative estimate of drug-likeness (QED) is 0.170. The molecule has 0 heterocycles. The van der Waals surface area contributed by atoms with Crippen LogP contribution in [0, 0.1) is 0 Å². The topological polar surface area (TPSA) is 96.0 Å². The number of halogens is 3. The van der Waals surface area contributed by atoms with E-state index in [1.165, 1.54) is 17.0 Å². The number of carbonyl (C=O) groups is 2. The number of hydrogen-bond acceptors (Lipinski definition) is 5. The summed E-state index contributed by atoms with van der Waals surface area (Å²) in [4.78, 5) is 28.9. The third kappa shape index (κ3) is 9.11. The number of anilines is 1. The van der Waals surface area contributed by atoms with E-state index in [0.717, 1.165) is 17.1 Å². The first-order valence-electron chi connectivity index (χ1n) is 14.0. The average Bonchev–Trinajstić information content (AvgIpc) is 2.98. The summed E-state index contributed by atoms with van der Waals surface area (Å²) in [6.07, 6.45) is 1.96. The van der Waals surface area contributed by atoms with Gasteiger partial charge in [0, 0.05) is 33.2 Å². The molecule has 1 N–H and O–H groups in total. The zero-order valence-electron chi connectivity index (χ0n) is 24.4. The second kappa shape index (κ2) is 16.3. The maximum atomic E-state index is 14.2. The molecular weight excluding hydrogens is 677 g/mol. The van der Waals surface area contributed by atoms with E-state index in [9.17, 15) is 18.0 Å². The van der Waals surface area contributed by atoms with E-state index in [1.807, 2.05) is 13.8 Å². The molecule has 0 radical (unpaired) electrons. The van der Waals surface area contributed by atoms with Crippen molar-refractivity contribution in [2.75, 3.05) is 24.0 Å². The minimum absolute atomic E-state index is 0.00225. The van der Waals surface area contributed by atoms with Crippen molar-refractivity contribution in [1.29, 1.82) is 0 Å². The minimum atomic E-state index is -4.21. The van der Waals surface area contributed by atoms with Gasteiger partial charge in [-0.2, -0.15) is 0 Å². The Balaban J connectivity index is 2.08. The third-order valence-corrected chi connectivity index (χ3v) is 9.75. The minimum Gasteiger partial charge on any atom is -0.494 e. The van der Waals surface area contributed by atoms with Crippen molar-refractivity contribution in [3.05, 3.63) is 86.8 Å². The van der Waals surface area contributed by atoms with E-state index in [0.29, 0.717) is 39.0 Å². The van der Waals surface area contributed by atoms with Crippen LogP contribution >= 0.6 is 39.1 Å². The Bertz CT molecular complexity index is 1470. The van der Waals surface area contributed by atoms with E-state index in [4.69, 9.17) is 27.9 Å². The van der Waals surface area contributed by atoms with E-state index in [2.05, 4.69) is 21.2 Å². The van der Waals surface area contributed by atoms with Gasteiger partial charge in [-0.3, -0.25) is 13.9 Å². The van der Waals surface area contributed by atoms with Gasteiger partial charge < -0.3 is 15.0 Å². The molecule has 0 bridgehead atoms. The first kappa shape index (κ1) is 34.7. The Hall–Kier alpha value is -2.79. The standard InChI is InChI=1S/C31H36BrCl2N3O5S/c1-4-7-19-35-31(39)29(5-2)36(20-26-27(33)9-8-10-28(26)34)30(38)21-37(23-13-15-24(16-14-23)42-6-3)43(40,41)25-17-11-22(32)12-18-25/h8-18,29H,4-7,19-21H2,1-3H3,(H,35,39)/t29-/m0/s1. The van der Waals surface area contributed by atoms with Crippen LogP contribution in [0.2, 0.25) is 10.0 Å². The molecule has 3 aromatic rings. The fourth-order valence-corrected chi connectivity index (χ4v) is 6.61. The molecule has 0 aliphatic heterocycles. The van der Waals surface area contributed by atoms with Gasteiger partial charge in [-0.05, 0) is 80.4 Å². The second-order valence-electron chi connectivity index (χ2n) is 9.68. The highest BCUT2D eigenvalue weighted by atomic mass is 79.9. The van der Waals surface area contributed by atoms with Crippen LogP contribution in [-0.2, 0) is 26.2 Å². The number of nitrogens with zero attached hydrogens (tertiary/aromatic N) is 2. The van der Waals surface area contributed by atoms with Gasteiger partial charge in [0.05, 0.1) is 17.2 Å². The van der Waals surface area contributed by atoms with Gasteiger partial charge in [-0.1, -0.05) is 65.5 Å². The summed E-state index contributed by atoms with van der Waals surface area (Å²) < 4.78 is 35.3. The first-order valence-corrected chi connectivity index (χ1v) is 17.0. The molecular formula is C31H36BrCl2N3O5S. The fraction of sp³-hybridized carbons (Fsp3) is 0.355. The monoisotopic (exact) mass is 711 g/mol. The summed E-state index contributed by atoms with van der Waals surface area (Å²) in [7, 11) is -4.21. The zero-order valence-corrected chi connectivity index (χ0v) is 28.3. The van der Waals surface area contributed by atoms with Crippen molar-refractivity contribution in [2.24, 2.45) is 0 Å². The van der Waals surface area contributed by atoms with E-state index < -0.39 is 28.5 Å². The molecule has 2 amide bonds. The zero-order chi connectivity index (χ0) is 31.6. The first-order chi connectivity index (χ1) is 20.5. The number of benzene rings is 3. The predicted octanol–water partition coefficient (Wildman–Crippen LogP) is 7.07. The molecule has 8 nitrogen and oxygen atoms in total. The van der Waals surface area contributed by atoms with E-state index in [1.54, 1.807) is 61.5 Å². The molecule has 0 fully saturated rings. The molecule has 0 spiro atoms. The lowest BCUT2D eigenvalue weighted by Crippen LogP contribution is -2.52. The Morgan fingerprint density at radius 3 is 2.14 bits per heavy atom. The van der Waals surface area contributed by atoms with Crippen LogP contribution in [-0.4, -0.2) is 50.9 Å². The van der Waals surface area contributed by atoms with Crippen molar-refractivity contribution < 1.29 is 22.7 Å². The van der Waals surface area contributed by atoms with Gasteiger partial charge >= 0.3 is 0 Å². The number of hydrogen-bond donors (Lipinski definition) is 1. The van der Waals surface area contributed by atoms with Crippen molar-refractivity contribution >= 4 is 66.7 Å². The highest BCUT2D eigenvalue weighted by Crippen LogP contribution is 2.30. The van der Waals surface area contributed by atoms with Crippen LogP contribution in [0.3, 0.4) is 0 Å². The van der Waals surface area contributed by atoms with Crippen LogP contribution in [0.15, 0.2) is 76.1 Å². The van der Waals surface area contributed by atoms with Crippen LogP contribution in [0.1, 0.15) is 45.6 Å². The molecule has 0 saturated carbocycles. The normalized spacial score (nSPS) is 12.0. The lowest BCUT2D eigenvalue weighted by Gasteiger charge is -2.33. The van der Waals surface area contributed by atoms with E-state index in [-0.39, 0.29) is 29.5 Å². The highest BCUT2D eigenvalue weighted by Gasteiger charge is 2.34. The molecule has 3 aromatic carbocycles. The lowest BCUT2D eigenvalue weighted by molar-refractivity contribution is -0.140. The van der Waals surface area contributed by atoms with Gasteiger partial charge in [0.15, 0.2) is 0 Å². The Kier molecular flexibility index (Phi) is 13.2. The summed E-state index contributed by atoms with van der Waals surface area (Å²) in [6.45, 7) is 5.88. The summed E-state index contributed by atoms with van der Waals surface area (Å²) in [5, 5.41) is 3.56. The molecule has 1 atom stereocenters. The van der Waals surface area contributed by atoms with Crippen LogP contribution in [0.5, 0.6) is 5.75 Å². The molecule has 3 rings (SSSR count). The number of amides is 2. The smallest absolute Gasteiger partial charge is 0.264 e. The fourth-order valence-electron chi connectivity index (χ4n) is 4.42. The van der Waals surface area contributed by atoms with E-state index >= 15 is 0 Å². The number of nitrogens with one attached hydrogen (secondary N) is 1. The molecule has 0 aliphatic carbocycles. The number of sulfonamides is 1. The summed E-state index contributed by atoms with van der Waals surface area (Å²) in [5.74, 6) is -0.373. The number of carbonyl (C=O) groups excluding carboxylic acids is 2. The summed E-state index contributed by atoms with van der Waals surface area (Å²) in [5.41, 5.74) is 0.721. The Morgan fingerprint density at radius 1 is 0.953 bits per heavy atom. The molecule has 0 saturated heterocycles. The second-order valence-corrected chi connectivity index (χ2v) is 13.3. The number of rotatable bonds is 15. The number of ether oxygens (including phenoxy) is 1. The van der Waals surface area contributed by atoms with Gasteiger partial charge in [-0.15, -0.1) is 0 Å². The van der Waals surface area contributed by atoms with Gasteiger partial charge in [-0.25, -0.2) is 8.42 Å². The van der Waals surface area contributed by atoms with Crippen LogP contribution < -0.4 is 14.4 Å². The highest BCUT2D eigenvalue weighted by molar-refractivity contribution is 9.10. The third-order valence-electron chi connectivity index (χ3n) is 6.72. The van der Waals surface area contributed by atoms with Crippen molar-refractivity contribution in [2.45, 2.75) is 57.5 Å². The van der Waals surface area contributed by atoms with Gasteiger partial charge in [0.25, 0.3) is 10.0 Å². The van der Waals surface area contributed by atoms with Crippen molar-refractivity contribution in [3.8, 4) is 5.75 Å². The van der Waals surface area contributed by atoms with Gasteiger partial charge in [0.2, 0.25) is 11.8 Å². The average molecular weight is 714 g/mol. The van der Waals surface area contributed by atoms with Gasteiger partial charge in [0.1, 0.15) is 18.3 Å². The molecule has 0 aromatic heterocycles. The Morgan fingerprint density at radius 2 is 1.58 bits per heavy atom. The van der Waals surface area contributed by atoms with Crippen molar-refractivity contribution in [1.82, 2.24) is 10.2 Å². The maximum absolute atomic E-state index is 14.2.